The van der Waals surface area contributed by atoms with Crippen LogP contribution in [0.15, 0.2) is 95.5 Å². The molecule has 5 rings (SSSR count). The van der Waals surface area contributed by atoms with E-state index in [-0.39, 0.29) is 24.5 Å². The number of ether oxygens (including phenoxy) is 1. The van der Waals surface area contributed by atoms with E-state index in [1.165, 1.54) is 0 Å². The number of thiocarbonyl (C=S) groups is 1. The van der Waals surface area contributed by atoms with Crippen molar-refractivity contribution in [2.24, 2.45) is 0 Å². The fraction of sp³-hybridized carbons (Fsp3) is 0.179. The van der Waals surface area contributed by atoms with Crippen LogP contribution >= 0.6 is 12.2 Å². The molecular weight excluding hydrogens is 472 g/mol. The van der Waals surface area contributed by atoms with Gasteiger partial charge in [-0.25, -0.2) is 0 Å². The summed E-state index contributed by atoms with van der Waals surface area (Å²) < 4.78 is 11.9. The van der Waals surface area contributed by atoms with E-state index in [1.54, 1.807) is 6.20 Å². The van der Waals surface area contributed by atoms with Gasteiger partial charge in [0.05, 0.1) is 18.3 Å². The van der Waals surface area contributed by atoms with Crippen LogP contribution in [-0.4, -0.2) is 34.1 Å². The predicted molar refractivity (Wildman–Crippen MR) is 143 cm³/mol. The standard InChI is InChI=1S/C28H26N4O3S/c1-2-34-21-13-11-19(12-14-21)23-15-16-24(35-23)27-26(22-10-6-7-17-29-22)31-28(36)32(27)18-25(33)30-20-8-4-3-5-9-20/h3-17,26-27H,2,18H2,1H3,(H,30,33)(H,31,36)/t26-,27-/m1/s1. The van der Waals surface area contributed by atoms with Crippen molar-refractivity contribution in [3.8, 4) is 17.1 Å². The van der Waals surface area contributed by atoms with Gasteiger partial charge in [-0.1, -0.05) is 24.3 Å². The fourth-order valence-electron chi connectivity index (χ4n) is 4.31. The van der Waals surface area contributed by atoms with E-state index in [4.69, 9.17) is 21.4 Å². The van der Waals surface area contributed by atoms with Gasteiger partial charge >= 0.3 is 0 Å². The molecule has 1 amide bonds. The summed E-state index contributed by atoms with van der Waals surface area (Å²) in [4.78, 5) is 19.3. The van der Waals surface area contributed by atoms with E-state index in [0.717, 1.165) is 28.5 Å². The second-order valence-corrected chi connectivity index (χ2v) is 8.71. The summed E-state index contributed by atoms with van der Waals surface area (Å²) in [7, 11) is 0. The first-order chi connectivity index (χ1) is 17.6. The number of pyridine rings is 1. The van der Waals surface area contributed by atoms with Crippen molar-refractivity contribution in [1.29, 1.82) is 0 Å². The number of hydrogen-bond donors (Lipinski definition) is 2. The van der Waals surface area contributed by atoms with Crippen LogP contribution in [-0.2, 0) is 4.79 Å². The first-order valence-corrected chi connectivity index (χ1v) is 12.2. The third-order valence-corrected chi connectivity index (χ3v) is 6.29. The second kappa shape index (κ2) is 10.6. The van der Waals surface area contributed by atoms with Crippen molar-refractivity contribution >= 4 is 28.9 Å². The monoisotopic (exact) mass is 498 g/mol. The molecule has 8 heteroatoms. The van der Waals surface area contributed by atoms with E-state index in [9.17, 15) is 4.79 Å². The average molecular weight is 499 g/mol. The van der Waals surface area contributed by atoms with Gasteiger partial charge in [-0.15, -0.1) is 0 Å². The van der Waals surface area contributed by atoms with Crippen LogP contribution in [0.4, 0.5) is 5.69 Å². The maximum absolute atomic E-state index is 12.9. The molecule has 3 heterocycles. The minimum atomic E-state index is -0.356. The summed E-state index contributed by atoms with van der Waals surface area (Å²) in [5, 5.41) is 6.75. The highest BCUT2D eigenvalue weighted by atomic mass is 32.1. The smallest absolute Gasteiger partial charge is 0.244 e. The zero-order chi connectivity index (χ0) is 24.9. The summed E-state index contributed by atoms with van der Waals surface area (Å²) in [6, 6.07) is 26.1. The van der Waals surface area contributed by atoms with E-state index in [2.05, 4.69) is 15.6 Å². The number of anilines is 1. The number of amides is 1. The van der Waals surface area contributed by atoms with Gasteiger partial charge in [0, 0.05) is 17.4 Å². The molecule has 0 bridgehead atoms. The van der Waals surface area contributed by atoms with Crippen molar-refractivity contribution in [3.63, 3.8) is 0 Å². The molecule has 2 atom stereocenters. The molecule has 2 aromatic heterocycles. The quantitative estimate of drug-likeness (QED) is 0.317. The lowest BCUT2D eigenvalue weighted by molar-refractivity contribution is -0.116. The number of carbonyl (C=O) groups excluding carboxylic acids is 1. The molecule has 1 aliphatic rings. The Morgan fingerprint density at radius 3 is 2.56 bits per heavy atom. The summed E-state index contributed by atoms with van der Waals surface area (Å²) in [5.74, 6) is 2.05. The van der Waals surface area contributed by atoms with Gasteiger partial charge in [0.25, 0.3) is 0 Å². The zero-order valence-corrected chi connectivity index (χ0v) is 20.6. The summed E-state index contributed by atoms with van der Waals surface area (Å²) in [6.07, 6.45) is 1.75. The van der Waals surface area contributed by atoms with Gasteiger partial charge in [0.2, 0.25) is 5.91 Å². The van der Waals surface area contributed by atoms with Gasteiger partial charge in [0.15, 0.2) is 5.11 Å². The van der Waals surface area contributed by atoms with Crippen molar-refractivity contribution < 1.29 is 13.9 Å². The summed E-state index contributed by atoms with van der Waals surface area (Å²) >= 11 is 5.67. The minimum absolute atomic E-state index is 0.0633. The zero-order valence-electron chi connectivity index (χ0n) is 19.8. The molecule has 182 valence electrons. The highest BCUT2D eigenvalue weighted by Gasteiger charge is 2.42. The molecule has 0 saturated carbocycles. The number of nitrogens with one attached hydrogen (secondary N) is 2. The molecule has 0 unspecified atom stereocenters. The summed E-state index contributed by atoms with van der Waals surface area (Å²) in [5.41, 5.74) is 2.48. The maximum atomic E-state index is 12.9. The Bertz CT molecular complexity index is 1330. The van der Waals surface area contributed by atoms with Crippen LogP contribution in [0, 0.1) is 0 Å². The lowest BCUT2D eigenvalue weighted by Gasteiger charge is -2.25. The van der Waals surface area contributed by atoms with Gasteiger partial charge in [0.1, 0.15) is 29.9 Å². The average Bonchev–Trinajstić information content (AvgIpc) is 3.51. The third kappa shape index (κ3) is 5.08. The van der Waals surface area contributed by atoms with Gasteiger partial charge in [-0.2, -0.15) is 0 Å². The molecule has 0 radical (unpaired) electrons. The Labute approximate surface area is 215 Å². The summed E-state index contributed by atoms with van der Waals surface area (Å²) in [6.45, 7) is 2.63. The van der Waals surface area contributed by atoms with Gasteiger partial charge in [-0.3, -0.25) is 9.78 Å². The van der Waals surface area contributed by atoms with Gasteiger partial charge in [-0.05, 0) is 79.8 Å². The fourth-order valence-corrected chi connectivity index (χ4v) is 4.62. The Balaban J connectivity index is 1.43. The van der Waals surface area contributed by atoms with Crippen LogP contribution in [0.1, 0.15) is 30.5 Å². The lowest BCUT2D eigenvalue weighted by Crippen LogP contribution is -2.36. The number of nitrogens with zero attached hydrogens (tertiary/aromatic N) is 2. The molecule has 1 aliphatic heterocycles. The first-order valence-electron chi connectivity index (χ1n) is 11.8. The topological polar surface area (TPSA) is 79.6 Å². The molecule has 1 saturated heterocycles. The van der Waals surface area contributed by atoms with Crippen LogP contribution in [0.5, 0.6) is 5.75 Å². The molecule has 2 N–H and O–H groups in total. The SMILES string of the molecule is CCOc1ccc(-c2ccc([C@@H]3[C@@H](c4ccccn4)NC(=S)N3CC(=O)Nc3ccccc3)o2)cc1. The number of hydrogen-bond acceptors (Lipinski definition) is 5. The predicted octanol–water partition coefficient (Wildman–Crippen LogP) is 5.35. The van der Waals surface area contributed by atoms with Crippen LogP contribution in [0.2, 0.25) is 0 Å². The number of carbonyl (C=O) groups is 1. The molecule has 0 spiro atoms. The van der Waals surface area contributed by atoms with E-state index < -0.39 is 0 Å². The Hall–Kier alpha value is -4.17. The molecule has 7 nitrogen and oxygen atoms in total. The van der Waals surface area contributed by atoms with E-state index in [0.29, 0.717) is 17.5 Å². The van der Waals surface area contributed by atoms with Crippen molar-refractivity contribution in [2.75, 3.05) is 18.5 Å². The Morgan fingerprint density at radius 1 is 1.06 bits per heavy atom. The number of furan rings is 1. The molecule has 4 aromatic rings. The lowest BCUT2D eigenvalue weighted by atomic mass is 10.0. The van der Waals surface area contributed by atoms with Crippen LogP contribution < -0.4 is 15.4 Å². The van der Waals surface area contributed by atoms with Crippen molar-refractivity contribution in [1.82, 2.24) is 15.2 Å². The Morgan fingerprint density at radius 2 is 1.83 bits per heavy atom. The molecule has 1 fully saturated rings. The first kappa shape index (κ1) is 23.6. The normalized spacial score (nSPS) is 17.0. The van der Waals surface area contributed by atoms with Crippen molar-refractivity contribution in [2.45, 2.75) is 19.0 Å². The number of rotatable bonds is 8. The highest BCUT2D eigenvalue weighted by molar-refractivity contribution is 7.80. The van der Waals surface area contributed by atoms with Crippen LogP contribution in [0.3, 0.4) is 0 Å². The Kier molecular flexibility index (Phi) is 6.95. The highest BCUT2D eigenvalue weighted by Crippen LogP contribution is 2.40. The van der Waals surface area contributed by atoms with Crippen molar-refractivity contribution in [3.05, 3.63) is 103 Å². The van der Waals surface area contributed by atoms with E-state index in [1.807, 2.05) is 96.8 Å². The largest absolute Gasteiger partial charge is 0.494 e. The molecule has 2 aromatic carbocycles. The molecule has 0 aliphatic carbocycles. The molecule has 36 heavy (non-hydrogen) atoms. The third-order valence-electron chi connectivity index (χ3n) is 5.94. The second-order valence-electron chi connectivity index (χ2n) is 8.33. The van der Waals surface area contributed by atoms with Crippen LogP contribution in [0.25, 0.3) is 11.3 Å². The number of benzene rings is 2. The number of para-hydroxylation sites is 1. The number of aromatic nitrogens is 1. The molecular formula is C28H26N4O3S. The minimum Gasteiger partial charge on any atom is -0.494 e. The van der Waals surface area contributed by atoms with E-state index >= 15 is 0 Å². The maximum Gasteiger partial charge on any atom is 0.244 e. The van der Waals surface area contributed by atoms with Gasteiger partial charge < -0.3 is 24.7 Å².